The van der Waals surface area contributed by atoms with Gasteiger partial charge in [0.1, 0.15) is 5.69 Å². The second-order valence-electron chi connectivity index (χ2n) is 7.85. The van der Waals surface area contributed by atoms with Gasteiger partial charge < -0.3 is 16.8 Å². The first-order chi connectivity index (χ1) is 12.5. The Labute approximate surface area is 154 Å². The van der Waals surface area contributed by atoms with Crippen LogP contribution in [-0.4, -0.2) is 27.5 Å². The third-order valence-electron chi connectivity index (χ3n) is 5.81. The second-order valence-corrected chi connectivity index (χ2v) is 7.85. The minimum Gasteiger partial charge on any atom is -0.378 e. The Morgan fingerprint density at radius 3 is 2.38 bits per heavy atom. The van der Waals surface area contributed by atoms with Crippen LogP contribution >= 0.6 is 0 Å². The number of nitrogens with two attached hydrogens (primary N) is 2. The van der Waals surface area contributed by atoms with Crippen molar-refractivity contribution in [2.24, 2.45) is 17.6 Å². The van der Waals surface area contributed by atoms with Gasteiger partial charge in [-0.2, -0.15) is 4.98 Å². The van der Waals surface area contributed by atoms with E-state index >= 15 is 0 Å². The van der Waals surface area contributed by atoms with Gasteiger partial charge in [-0.1, -0.05) is 19.3 Å². The molecule has 3 rings (SSSR count). The molecule has 0 atom stereocenters. The van der Waals surface area contributed by atoms with Crippen LogP contribution < -0.4 is 16.8 Å². The normalized spacial score (nSPS) is 24.3. The summed E-state index contributed by atoms with van der Waals surface area (Å²) >= 11 is 0. The molecule has 2 aliphatic rings. The van der Waals surface area contributed by atoms with Crippen LogP contribution in [0.15, 0.2) is 0 Å². The Hall–Kier alpha value is -1.96. The molecule has 5 N–H and O–H groups in total. The zero-order chi connectivity index (χ0) is 18.5. The van der Waals surface area contributed by atoms with Crippen LogP contribution in [-0.2, 0) is 6.42 Å². The number of rotatable bonds is 6. The van der Waals surface area contributed by atoms with Gasteiger partial charge in [0.2, 0.25) is 11.8 Å². The third kappa shape index (κ3) is 4.81. The largest absolute Gasteiger partial charge is 0.378 e. The van der Waals surface area contributed by atoms with Gasteiger partial charge in [0.05, 0.1) is 4.92 Å². The van der Waals surface area contributed by atoms with Crippen molar-refractivity contribution in [1.82, 2.24) is 9.97 Å². The molecule has 144 valence electrons. The highest BCUT2D eigenvalue weighted by atomic mass is 16.6. The van der Waals surface area contributed by atoms with E-state index in [0.29, 0.717) is 29.9 Å². The lowest BCUT2D eigenvalue weighted by Crippen LogP contribution is -2.27. The van der Waals surface area contributed by atoms with Crippen molar-refractivity contribution in [2.45, 2.75) is 70.3 Å². The molecule has 1 aromatic heterocycles. The molecular weight excluding hydrogens is 332 g/mol. The average molecular weight is 362 g/mol. The molecule has 1 aromatic rings. The quantitative estimate of drug-likeness (QED) is 0.523. The van der Waals surface area contributed by atoms with Crippen LogP contribution in [0.1, 0.15) is 63.5 Å². The first-order valence-corrected chi connectivity index (χ1v) is 9.83. The highest BCUT2D eigenvalue weighted by molar-refractivity contribution is 5.58. The lowest BCUT2D eigenvalue weighted by molar-refractivity contribution is -0.385. The number of nitrogens with one attached hydrogen (secondary N) is 1. The molecule has 2 fully saturated rings. The zero-order valence-corrected chi connectivity index (χ0v) is 15.3. The number of nitrogen functional groups attached to an aromatic ring is 1. The van der Waals surface area contributed by atoms with Gasteiger partial charge in [0, 0.05) is 12.6 Å². The van der Waals surface area contributed by atoms with Crippen molar-refractivity contribution in [3.8, 4) is 0 Å². The van der Waals surface area contributed by atoms with E-state index < -0.39 is 4.92 Å². The van der Waals surface area contributed by atoms with Crippen LogP contribution in [0.4, 0.5) is 17.5 Å². The Balaban J connectivity index is 1.72. The Morgan fingerprint density at radius 2 is 1.73 bits per heavy atom. The van der Waals surface area contributed by atoms with Crippen molar-refractivity contribution in [2.75, 3.05) is 17.6 Å². The molecule has 0 amide bonds. The van der Waals surface area contributed by atoms with E-state index in [2.05, 4.69) is 15.3 Å². The summed E-state index contributed by atoms with van der Waals surface area (Å²) in [5.74, 6) is 1.36. The van der Waals surface area contributed by atoms with Gasteiger partial charge in [-0.3, -0.25) is 10.1 Å². The number of hydrogen-bond acceptors (Lipinski definition) is 7. The van der Waals surface area contributed by atoms with Crippen molar-refractivity contribution in [3.63, 3.8) is 0 Å². The SMILES string of the molecule is Nc1nc(NCC2CCCCC2)nc(C[C@H]2CC[C@H](N)CC2)c1[N+](=O)[O-]. The summed E-state index contributed by atoms with van der Waals surface area (Å²) in [6, 6.07) is 0.254. The molecule has 26 heavy (non-hydrogen) atoms. The summed E-state index contributed by atoms with van der Waals surface area (Å²) in [5, 5.41) is 14.7. The fourth-order valence-corrected chi connectivity index (χ4v) is 4.23. The highest BCUT2D eigenvalue weighted by Crippen LogP contribution is 2.32. The minimum atomic E-state index is -0.454. The Bertz CT molecular complexity index is 624. The van der Waals surface area contributed by atoms with E-state index in [-0.39, 0.29) is 17.5 Å². The maximum Gasteiger partial charge on any atom is 0.332 e. The molecule has 2 saturated carbocycles. The fourth-order valence-electron chi connectivity index (χ4n) is 4.23. The van der Waals surface area contributed by atoms with E-state index in [9.17, 15) is 10.1 Å². The topological polar surface area (TPSA) is 133 Å². The number of aromatic nitrogens is 2. The van der Waals surface area contributed by atoms with E-state index in [4.69, 9.17) is 11.5 Å². The van der Waals surface area contributed by atoms with Crippen molar-refractivity contribution in [1.29, 1.82) is 0 Å². The Kier molecular flexibility index (Phi) is 6.24. The molecule has 0 saturated heterocycles. The van der Waals surface area contributed by atoms with Gasteiger partial charge in [-0.25, -0.2) is 4.98 Å². The van der Waals surface area contributed by atoms with Crippen LogP contribution in [0.2, 0.25) is 0 Å². The van der Waals surface area contributed by atoms with Crippen LogP contribution in [0, 0.1) is 22.0 Å². The van der Waals surface area contributed by atoms with Gasteiger partial charge in [0.25, 0.3) is 0 Å². The average Bonchev–Trinajstić information content (AvgIpc) is 2.62. The molecule has 0 bridgehead atoms. The highest BCUT2D eigenvalue weighted by Gasteiger charge is 2.27. The van der Waals surface area contributed by atoms with Crippen molar-refractivity contribution in [3.05, 3.63) is 15.8 Å². The van der Waals surface area contributed by atoms with Gasteiger partial charge in [0.15, 0.2) is 0 Å². The number of anilines is 2. The summed E-state index contributed by atoms with van der Waals surface area (Å²) in [5.41, 5.74) is 12.2. The van der Waals surface area contributed by atoms with Gasteiger partial charge in [-0.15, -0.1) is 0 Å². The number of hydrogen-bond donors (Lipinski definition) is 3. The lowest BCUT2D eigenvalue weighted by atomic mass is 9.83. The first kappa shape index (κ1) is 18.8. The molecule has 1 heterocycles. The molecule has 2 aliphatic carbocycles. The number of nitrogens with zero attached hydrogens (tertiary/aromatic N) is 3. The summed E-state index contributed by atoms with van der Waals surface area (Å²) in [4.78, 5) is 19.6. The standard InChI is InChI=1S/C18H30N6O2/c19-14-8-6-12(7-9-14)10-15-16(24(25)26)17(20)23-18(22-15)21-11-13-4-2-1-3-5-13/h12-14H,1-11,19H2,(H3,20,21,22,23)/t12-,14-. The monoisotopic (exact) mass is 362 g/mol. The van der Waals surface area contributed by atoms with E-state index in [1.807, 2.05) is 0 Å². The lowest BCUT2D eigenvalue weighted by Gasteiger charge is -2.26. The smallest absolute Gasteiger partial charge is 0.332 e. The molecule has 0 aliphatic heterocycles. The molecule has 0 unspecified atom stereocenters. The van der Waals surface area contributed by atoms with Crippen LogP contribution in [0.25, 0.3) is 0 Å². The number of nitro groups is 1. The molecule has 0 spiro atoms. The van der Waals surface area contributed by atoms with Crippen molar-refractivity contribution < 1.29 is 4.92 Å². The van der Waals surface area contributed by atoms with E-state index in [1.54, 1.807) is 0 Å². The Morgan fingerprint density at radius 1 is 1.04 bits per heavy atom. The summed E-state index contributed by atoms with van der Waals surface area (Å²) in [6.07, 6.45) is 10.7. The third-order valence-corrected chi connectivity index (χ3v) is 5.81. The predicted octanol–water partition coefficient (Wildman–Crippen LogP) is 3.02. The fraction of sp³-hybridized carbons (Fsp3) is 0.778. The maximum absolute atomic E-state index is 11.5. The first-order valence-electron chi connectivity index (χ1n) is 9.83. The molecular formula is C18H30N6O2. The molecule has 0 aromatic carbocycles. The zero-order valence-electron chi connectivity index (χ0n) is 15.3. The second kappa shape index (κ2) is 8.62. The molecule has 8 nitrogen and oxygen atoms in total. The summed E-state index contributed by atoms with van der Waals surface area (Å²) in [6.45, 7) is 0.801. The van der Waals surface area contributed by atoms with Crippen molar-refractivity contribution >= 4 is 17.5 Å². The predicted molar refractivity (Wildman–Crippen MR) is 102 cm³/mol. The van der Waals surface area contributed by atoms with E-state index in [0.717, 1.165) is 32.2 Å². The van der Waals surface area contributed by atoms with Gasteiger partial charge in [-0.05, 0) is 56.8 Å². The van der Waals surface area contributed by atoms with E-state index in [1.165, 1.54) is 32.1 Å². The summed E-state index contributed by atoms with van der Waals surface area (Å²) in [7, 11) is 0. The van der Waals surface area contributed by atoms with Gasteiger partial charge >= 0.3 is 5.69 Å². The minimum absolute atomic E-state index is 0.0429. The molecule has 8 heteroatoms. The molecule has 0 radical (unpaired) electrons. The summed E-state index contributed by atoms with van der Waals surface area (Å²) < 4.78 is 0. The van der Waals surface area contributed by atoms with Crippen LogP contribution in [0.5, 0.6) is 0 Å². The maximum atomic E-state index is 11.5. The van der Waals surface area contributed by atoms with Crippen LogP contribution in [0.3, 0.4) is 0 Å².